The first-order valence-electron chi connectivity index (χ1n) is 10.7. The van der Waals surface area contributed by atoms with E-state index < -0.39 is 46.9 Å². The van der Waals surface area contributed by atoms with Crippen LogP contribution in [0.3, 0.4) is 0 Å². The number of hydrogen-bond donors (Lipinski definition) is 2. The minimum atomic E-state index is -4.87. The fourth-order valence-electron chi connectivity index (χ4n) is 3.40. The van der Waals surface area contributed by atoms with Gasteiger partial charge in [-0.1, -0.05) is 0 Å². The third-order valence-electron chi connectivity index (χ3n) is 5.09. The maximum atomic E-state index is 13.1. The fourth-order valence-corrected chi connectivity index (χ4v) is 3.40. The predicted molar refractivity (Wildman–Crippen MR) is 111 cm³/mol. The first-order chi connectivity index (χ1) is 16.8. The minimum absolute atomic E-state index is 0.00339. The summed E-state index contributed by atoms with van der Waals surface area (Å²) in [6.07, 6.45) is -7.41. The van der Waals surface area contributed by atoms with Gasteiger partial charge in [0.1, 0.15) is 11.7 Å². The number of halogens is 6. The van der Waals surface area contributed by atoms with Gasteiger partial charge in [-0.2, -0.15) is 31.4 Å². The van der Waals surface area contributed by atoms with E-state index in [4.69, 9.17) is 9.47 Å². The van der Waals surface area contributed by atoms with Gasteiger partial charge in [0.2, 0.25) is 5.91 Å². The zero-order valence-electron chi connectivity index (χ0n) is 18.8. The second kappa shape index (κ2) is 11.1. The van der Waals surface area contributed by atoms with E-state index in [2.05, 4.69) is 20.4 Å². The number of hydrogen-bond acceptors (Lipinski definition) is 8. The van der Waals surface area contributed by atoms with Crippen LogP contribution >= 0.6 is 0 Å². The Balaban J connectivity index is 1.39. The molecule has 10 nitrogen and oxygen atoms in total. The Hall–Kier alpha value is -3.43. The summed E-state index contributed by atoms with van der Waals surface area (Å²) in [6, 6.07) is -0.852. The van der Waals surface area contributed by atoms with Crippen LogP contribution in [-0.4, -0.2) is 69.4 Å². The smallest absolute Gasteiger partial charge is 0.423 e. The molecule has 1 aliphatic rings. The average molecular weight is 524 g/mol. The number of carbonyl (C=O) groups excluding carboxylic acids is 1. The third-order valence-corrected chi connectivity index (χ3v) is 5.09. The highest BCUT2D eigenvalue weighted by Crippen LogP contribution is 2.31. The van der Waals surface area contributed by atoms with E-state index >= 15 is 0 Å². The number of nitrogens with one attached hydrogen (secondary N) is 2. The number of ether oxygens (including phenoxy) is 2. The lowest BCUT2D eigenvalue weighted by molar-refractivity contribution is -0.139. The number of carbonyl (C=O) groups is 1. The standard InChI is InChI=1S/C20H22F6N6O4/c1-11(30-14-8-29-31-17(34)16(14)20(24,25)26)10-35-5-3-15(33)32-4-2-13(9-32)36-18-27-6-12(7-28-18)19(21,22)23/h6-8,11,13H,2-5,9-10H2,1H3,(H2,30,31,34)/t11-,13?/m0/s1. The molecule has 0 aromatic carbocycles. The molecule has 1 saturated heterocycles. The van der Waals surface area contributed by atoms with Crippen LogP contribution in [0.25, 0.3) is 0 Å². The molecule has 3 heterocycles. The Bertz CT molecular complexity index is 1090. The summed E-state index contributed by atoms with van der Waals surface area (Å²) in [7, 11) is 0. The highest BCUT2D eigenvalue weighted by Gasteiger charge is 2.37. The van der Waals surface area contributed by atoms with E-state index in [0.29, 0.717) is 25.4 Å². The van der Waals surface area contributed by atoms with Crippen LogP contribution in [0.15, 0.2) is 23.4 Å². The summed E-state index contributed by atoms with van der Waals surface area (Å²) < 4.78 is 87.8. The maximum Gasteiger partial charge on any atom is 0.423 e. The van der Waals surface area contributed by atoms with E-state index in [1.807, 2.05) is 0 Å². The normalized spacial score (nSPS) is 17.2. The van der Waals surface area contributed by atoms with Crippen LogP contribution in [-0.2, 0) is 21.9 Å². The van der Waals surface area contributed by atoms with Crippen LogP contribution in [0, 0.1) is 0 Å². The lowest BCUT2D eigenvalue weighted by Crippen LogP contribution is -2.32. The molecule has 3 rings (SSSR count). The molecule has 2 atom stereocenters. The molecule has 0 radical (unpaired) electrons. The molecule has 0 bridgehead atoms. The number of nitrogens with zero attached hydrogens (tertiary/aromatic N) is 4. The molecule has 1 amide bonds. The van der Waals surface area contributed by atoms with Gasteiger partial charge >= 0.3 is 18.4 Å². The van der Waals surface area contributed by atoms with Crippen molar-refractivity contribution < 1.29 is 40.6 Å². The molecule has 1 unspecified atom stereocenters. The average Bonchev–Trinajstić information content (AvgIpc) is 3.24. The highest BCUT2D eigenvalue weighted by molar-refractivity contribution is 5.76. The Morgan fingerprint density at radius 2 is 1.89 bits per heavy atom. The van der Waals surface area contributed by atoms with Crippen molar-refractivity contribution in [3.63, 3.8) is 0 Å². The Kier molecular flexibility index (Phi) is 8.37. The summed E-state index contributed by atoms with van der Waals surface area (Å²) in [6.45, 7) is 2.03. The van der Waals surface area contributed by atoms with Crippen LogP contribution in [0.5, 0.6) is 6.01 Å². The van der Waals surface area contributed by atoms with Crippen molar-refractivity contribution in [3.8, 4) is 6.01 Å². The summed E-state index contributed by atoms with van der Waals surface area (Å²) in [5.74, 6) is -0.256. The Morgan fingerprint density at radius 3 is 2.53 bits per heavy atom. The number of H-pyrrole nitrogens is 1. The largest absolute Gasteiger partial charge is 0.458 e. The van der Waals surface area contributed by atoms with Crippen molar-refractivity contribution >= 4 is 11.6 Å². The van der Waals surface area contributed by atoms with E-state index in [9.17, 15) is 35.9 Å². The first-order valence-corrected chi connectivity index (χ1v) is 10.7. The maximum absolute atomic E-state index is 13.1. The van der Waals surface area contributed by atoms with Gasteiger partial charge in [0.05, 0.1) is 43.6 Å². The second-order valence-corrected chi connectivity index (χ2v) is 7.98. The monoisotopic (exact) mass is 524 g/mol. The number of likely N-dealkylation sites (tertiary alicyclic amines) is 1. The van der Waals surface area contributed by atoms with Gasteiger partial charge < -0.3 is 19.7 Å². The molecule has 1 fully saturated rings. The van der Waals surface area contributed by atoms with Crippen LogP contribution in [0.4, 0.5) is 32.0 Å². The Morgan fingerprint density at radius 1 is 1.19 bits per heavy atom. The fraction of sp³-hybridized carbons (Fsp3) is 0.550. The molecule has 36 heavy (non-hydrogen) atoms. The third kappa shape index (κ3) is 7.29. The van der Waals surface area contributed by atoms with E-state index in [0.717, 1.165) is 6.20 Å². The van der Waals surface area contributed by atoms with Gasteiger partial charge in [0, 0.05) is 31.4 Å². The predicted octanol–water partition coefficient (Wildman–Crippen LogP) is 2.48. The number of rotatable bonds is 9. The van der Waals surface area contributed by atoms with E-state index in [-0.39, 0.29) is 38.1 Å². The lowest BCUT2D eigenvalue weighted by atomic mass is 10.2. The van der Waals surface area contributed by atoms with Gasteiger partial charge in [-0.05, 0) is 6.92 Å². The lowest BCUT2D eigenvalue weighted by Gasteiger charge is -2.19. The number of alkyl halides is 6. The summed E-state index contributed by atoms with van der Waals surface area (Å²) in [5, 5.41) is 7.63. The summed E-state index contributed by atoms with van der Waals surface area (Å²) in [5.41, 5.74) is -4.26. The van der Waals surface area contributed by atoms with Crippen molar-refractivity contribution in [2.24, 2.45) is 0 Å². The molecule has 0 spiro atoms. The molecule has 0 aliphatic carbocycles. The van der Waals surface area contributed by atoms with Gasteiger partial charge in [-0.15, -0.1) is 0 Å². The molecule has 1 aliphatic heterocycles. The number of aromatic amines is 1. The number of anilines is 1. The van der Waals surface area contributed by atoms with Crippen molar-refractivity contribution in [3.05, 3.63) is 40.1 Å². The molecule has 2 aromatic rings. The SMILES string of the molecule is C[C@@H](COCCC(=O)N1CCC(Oc2ncc(C(F)(F)F)cn2)C1)Nc1cn[nH]c(=O)c1C(F)(F)F. The number of aromatic nitrogens is 4. The van der Waals surface area contributed by atoms with Gasteiger partial charge in [0.25, 0.3) is 5.56 Å². The Labute approximate surface area is 200 Å². The van der Waals surface area contributed by atoms with Crippen molar-refractivity contribution in [1.29, 1.82) is 0 Å². The molecule has 198 valence electrons. The zero-order valence-corrected chi connectivity index (χ0v) is 18.8. The van der Waals surface area contributed by atoms with Crippen molar-refractivity contribution in [1.82, 2.24) is 25.1 Å². The molecular formula is C20H22F6N6O4. The summed E-state index contributed by atoms with van der Waals surface area (Å²) in [4.78, 5) is 32.4. The van der Waals surface area contributed by atoms with Crippen LogP contribution < -0.4 is 15.6 Å². The first kappa shape index (κ1) is 27.2. The van der Waals surface area contributed by atoms with Crippen LogP contribution in [0.1, 0.15) is 30.9 Å². The van der Waals surface area contributed by atoms with Gasteiger partial charge in [0.15, 0.2) is 0 Å². The topological polar surface area (TPSA) is 122 Å². The van der Waals surface area contributed by atoms with Gasteiger partial charge in [-0.25, -0.2) is 15.1 Å². The molecule has 2 N–H and O–H groups in total. The molecule has 2 aromatic heterocycles. The van der Waals surface area contributed by atoms with Gasteiger partial charge in [-0.3, -0.25) is 9.59 Å². The minimum Gasteiger partial charge on any atom is -0.458 e. The quantitative estimate of drug-likeness (QED) is 0.379. The van der Waals surface area contributed by atoms with E-state index in [1.165, 1.54) is 11.8 Å². The zero-order chi connectivity index (χ0) is 26.5. The molecule has 0 saturated carbocycles. The highest BCUT2D eigenvalue weighted by atomic mass is 19.4. The molecule has 16 heteroatoms. The second-order valence-electron chi connectivity index (χ2n) is 7.98. The van der Waals surface area contributed by atoms with Crippen molar-refractivity contribution in [2.75, 3.05) is 31.6 Å². The van der Waals surface area contributed by atoms with E-state index in [1.54, 1.807) is 5.10 Å². The number of amides is 1. The summed E-state index contributed by atoms with van der Waals surface area (Å²) >= 11 is 0. The molecular weight excluding hydrogens is 502 g/mol. The van der Waals surface area contributed by atoms with Crippen molar-refractivity contribution in [2.45, 2.75) is 44.3 Å². The van der Waals surface area contributed by atoms with Crippen LogP contribution in [0.2, 0.25) is 0 Å².